The Morgan fingerprint density at radius 1 is 1.40 bits per heavy atom. The number of rotatable bonds is 3. The molecule has 1 aliphatic heterocycles. The van der Waals surface area contributed by atoms with Gasteiger partial charge in [0.15, 0.2) is 0 Å². The minimum atomic E-state index is 0.00229. The molecule has 0 spiro atoms. The Kier molecular flexibility index (Phi) is 6.04. The Bertz CT molecular complexity index is 487. The van der Waals surface area contributed by atoms with Crippen LogP contribution in [0.25, 0.3) is 0 Å². The fraction of sp³-hybridized carbons (Fsp3) is 0.462. The third-order valence-corrected chi connectivity index (χ3v) is 4.97. The van der Waals surface area contributed by atoms with Crippen LogP contribution in [0.5, 0.6) is 0 Å². The minimum absolute atomic E-state index is 0.00229. The molecule has 0 aromatic heterocycles. The highest BCUT2D eigenvalue weighted by Crippen LogP contribution is 2.34. The van der Waals surface area contributed by atoms with Crippen molar-refractivity contribution in [2.45, 2.75) is 13.0 Å². The Hall–Kier alpha value is 0.0500. The largest absolute Gasteiger partial charge is 0.323 e. The van der Waals surface area contributed by atoms with Gasteiger partial charge < -0.3 is 10.6 Å². The smallest absolute Gasteiger partial charge is 0.238 e. The van der Waals surface area contributed by atoms with Crippen LogP contribution in [0, 0.1) is 0 Å². The molecule has 1 aromatic rings. The summed E-state index contributed by atoms with van der Waals surface area (Å²) >= 11 is 10.3. The van der Waals surface area contributed by atoms with Crippen molar-refractivity contribution in [3.63, 3.8) is 0 Å². The van der Waals surface area contributed by atoms with Crippen molar-refractivity contribution in [2.75, 3.05) is 31.5 Å². The maximum Gasteiger partial charge on any atom is 0.238 e. The highest BCUT2D eigenvalue weighted by atomic mass is 79.9. The molecule has 7 heteroatoms. The van der Waals surface area contributed by atoms with Gasteiger partial charge in [-0.05, 0) is 50.9 Å². The second-order valence-electron chi connectivity index (χ2n) is 4.82. The molecule has 1 aromatic carbocycles. The Morgan fingerprint density at radius 2 is 2.05 bits per heavy atom. The summed E-state index contributed by atoms with van der Waals surface area (Å²) in [6.07, 6.45) is 0. The number of halogens is 3. The fourth-order valence-electron chi connectivity index (χ4n) is 2.14. The summed E-state index contributed by atoms with van der Waals surface area (Å²) < 4.78 is 2.64. The highest BCUT2D eigenvalue weighted by Gasteiger charge is 2.21. The second kappa shape index (κ2) is 7.35. The molecule has 1 aliphatic rings. The lowest BCUT2D eigenvalue weighted by atomic mass is 10.2. The van der Waals surface area contributed by atoms with Crippen LogP contribution in [0.1, 0.15) is 6.92 Å². The van der Waals surface area contributed by atoms with Crippen molar-refractivity contribution in [1.82, 2.24) is 10.2 Å². The number of nitrogens with one attached hydrogen (secondary N) is 2. The fourth-order valence-corrected chi connectivity index (χ4v) is 4.60. The van der Waals surface area contributed by atoms with Crippen molar-refractivity contribution in [3.05, 3.63) is 25.6 Å². The van der Waals surface area contributed by atoms with E-state index >= 15 is 0 Å². The summed E-state index contributed by atoms with van der Waals surface area (Å²) in [4.78, 5) is 14.4. The van der Waals surface area contributed by atoms with Crippen LogP contribution in [0.15, 0.2) is 25.6 Å². The molecule has 0 aliphatic carbocycles. The normalized spacial score (nSPS) is 19.9. The van der Waals surface area contributed by atoms with Crippen LogP contribution < -0.4 is 10.6 Å². The monoisotopic (exact) mass is 467 g/mol. The van der Waals surface area contributed by atoms with Gasteiger partial charge in [-0.2, -0.15) is 0 Å². The van der Waals surface area contributed by atoms with Crippen LogP contribution in [-0.4, -0.2) is 43.0 Å². The van der Waals surface area contributed by atoms with Crippen LogP contribution in [0.4, 0.5) is 5.69 Å². The Balaban J connectivity index is 2.01. The lowest BCUT2D eigenvalue weighted by Gasteiger charge is -2.33. The molecule has 1 saturated heterocycles. The van der Waals surface area contributed by atoms with E-state index in [4.69, 9.17) is 0 Å². The zero-order valence-corrected chi connectivity index (χ0v) is 15.8. The van der Waals surface area contributed by atoms with Gasteiger partial charge in [-0.25, -0.2) is 0 Å². The number of carbonyl (C=O) groups excluding carboxylic acids is 1. The average molecular weight is 470 g/mol. The number of carbonyl (C=O) groups is 1. The van der Waals surface area contributed by atoms with Crippen molar-refractivity contribution in [3.8, 4) is 0 Å². The molecule has 4 nitrogen and oxygen atoms in total. The molecule has 0 saturated carbocycles. The number of benzene rings is 1. The third kappa shape index (κ3) is 4.27. The van der Waals surface area contributed by atoms with Crippen LogP contribution in [-0.2, 0) is 4.79 Å². The number of nitrogens with zero attached hydrogens (tertiary/aromatic N) is 1. The van der Waals surface area contributed by atoms with Gasteiger partial charge in [0.25, 0.3) is 0 Å². The van der Waals surface area contributed by atoms with Gasteiger partial charge in [0.2, 0.25) is 5.91 Å². The van der Waals surface area contributed by atoms with Gasteiger partial charge in [-0.15, -0.1) is 0 Å². The zero-order valence-electron chi connectivity index (χ0n) is 11.0. The van der Waals surface area contributed by atoms with E-state index in [1.54, 1.807) is 0 Å². The Morgan fingerprint density at radius 3 is 2.65 bits per heavy atom. The standard InChI is InChI=1S/C13H16Br3N3O/c1-8-6-17-2-3-19(8)7-12(20)18-13-10(15)4-9(14)5-11(13)16/h4-5,8,17H,2-3,6-7H2,1H3,(H,18,20). The first kappa shape index (κ1) is 16.4. The van der Waals surface area contributed by atoms with Gasteiger partial charge in [-0.1, -0.05) is 15.9 Å². The first-order valence-corrected chi connectivity index (χ1v) is 8.74. The maximum absolute atomic E-state index is 12.2. The second-order valence-corrected chi connectivity index (χ2v) is 7.44. The lowest BCUT2D eigenvalue weighted by molar-refractivity contribution is -0.118. The van der Waals surface area contributed by atoms with Crippen molar-refractivity contribution >= 4 is 59.4 Å². The number of hydrogen-bond acceptors (Lipinski definition) is 3. The van der Waals surface area contributed by atoms with E-state index in [1.807, 2.05) is 12.1 Å². The van der Waals surface area contributed by atoms with Crippen LogP contribution in [0.3, 0.4) is 0 Å². The van der Waals surface area contributed by atoms with E-state index in [0.29, 0.717) is 12.6 Å². The average Bonchev–Trinajstić information content (AvgIpc) is 2.36. The predicted molar refractivity (Wildman–Crippen MR) is 92.1 cm³/mol. The van der Waals surface area contributed by atoms with E-state index in [9.17, 15) is 4.79 Å². The lowest BCUT2D eigenvalue weighted by Crippen LogP contribution is -2.52. The minimum Gasteiger partial charge on any atom is -0.323 e. The number of piperazine rings is 1. The molecule has 1 heterocycles. The SMILES string of the molecule is CC1CNCCN1CC(=O)Nc1c(Br)cc(Br)cc1Br. The summed E-state index contributed by atoms with van der Waals surface area (Å²) in [7, 11) is 0. The molecule has 0 radical (unpaired) electrons. The summed E-state index contributed by atoms with van der Waals surface area (Å²) in [5.74, 6) is 0.00229. The molecule has 2 N–H and O–H groups in total. The topological polar surface area (TPSA) is 44.4 Å². The van der Waals surface area contributed by atoms with Crippen molar-refractivity contribution in [1.29, 1.82) is 0 Å². The molecule has 1 fully saturated rings. The van der Waals surface area contributed by atoms with E-state index in [0.717, 1.165) is 38.7 Å². The van der Waals surface area contributed by atoms with E-state index in [-0.39, 0.29) is 5.91 Å². The van der Waals surface area contributed by atoms with Gasteiger partial charge in [0, 0.05) is 39.1 Å². The van der Waals surface area contributed by atoms with Gasteiger partial charge in [0.05, 0.1) is 12.2 Å². The number of hydrogen-bond donors (Lipinski definition) is 2. The molecule has 1 atom stereocenters. The molecular formula is C13H16Br3N3O. The van der Waals surface area contributed by atoms with E-state index in [2.05, 4.69) is 70.2 Å². The summed E-state index contributed by atoms with van der Waals surface area (Å²) in [5.41, 5.74) is 0.765. The zero-order chi connectivity index (χ0) is 14.7. The predicted octanol–water partition coefficient (Wildman–Crippen LogP) is 3.21. The molecular weight excluding hydrogens is 454 g/mol. The van der Waals surface area contributed by atoms with E-state index < -0.39 is 0 Å². The summed E-state index contributed by atoms with van der Waals surface area (Å²) in [6, 6.07) is 4.20. The first-order chi connectivity index (χ1) is 9.47. The highest BCUT2D eigenvalue weighted by molar-refractivity contribution is 9.11. The summed E-state index contributed by atoms with van der Waals surface area (Å²) in [6.45, 7) is 5.31. The Labute approximate surface area is 144 Å². The molecule has 1 amide bonds. The molecule has 1 unspecified atom stereocenters. The van der Waals surface area contributed by atoms with Crippen LogP contribution in [0.2, 0.25) is 0 Å². The third-order valence-electron chi connectivity index (χ3n) is 3.26. The van der Waals surface area contributed by atoms with Gasteiger partial charge >= 0.3 is 0 Å². The van der Waals surface area contributed by atoms with Gasteiger partial charge in [0.1, 0.15) is 0 Å². The quantitative estimate of drug-likeness (QED) is 0.714. The van der Waals surface area contributed by atoms with Crippen molar-refractivity contribution < 1.29 is 4.79 Å². The molecule has 0 bridgehead atoms. The van der Waals surface area contributed by atoms with E-state index in [1.165, 1.54) is 0 Å². The number of anilines is 1. The van der Waals surface area contributed by atoms with Crippen molar-refractivity contribution in [2.24, 2.45) is 0 Å². The number of amides is 1. The summed E-state index contributed by atoms with van der Waals surface area (Å²) in [5, 5.41) is 6.28. The van der Waals surface area contributed by atoms with Gasteiger partial charge in [-0.3, -0.25) is 9.69 Å². The molecule has 110 valence electrons. The van der Waals surface area contributed by atoms with Crippen LogP contribution >= 0.6 is 47.8 Å². The first-order valence-electron chi connectivity index (χ1n) is 6.36. The maximum atomic E-state index is 12.2. The molecule has 20 heavy (non-hydrogen) atoms. The molecule has 2 rings (SSSR count).